The first-order chi connectivity index (χ1) is 9.02. The minimum absolute atomic E-state index is 0.0379. The third kappa shape index (κ3) is 6.25. The molecule has 1 N–H and O–H groups in total. The lowest BCUT2D eigenvalue weighted by Gasteiger charge is -2.24. The Morgan fingerprint density at radius 3 is 2.58 bits per heavy atom. The molecule has 0 saturated carbocycles. The molecule has 5 heteroatoms. The first-order valence-electron chi connectivity index (χ1n) is 7.29. The fraction of sp³-hybridized carbons (Fsp3) is 0.929. The van der Waals surface area contributed by atoms with Crippen molar-refractivity contribution in [1.29, 1.82) is 0 Å². The second-order valence-corrected chi connectivity index (χ2v) is 5.84. The average Bonchev–Trinajstić information content (AvgIpc) is 2.54. The predicted molar refractivity (Wildman–Crippen MR) is 77.3 cm³/mol. The van der Waals surface area contributed by atoms with Gasteiger partial charge in [0, 0.05) is 33.3 Å². The maximum atomic E-state index is 12.1. The Labute approximate surface area is 117 Å². The van der Waals surface area contributed by atoms with Gasteiger partial charge in [-0.15, -0.1) is 0 Å². The SMILES string of the molecule is COC[C@H](C)NC(=O)N1CCCN(CC(C)C)CC1. The topological polar surface area (TPSA) is 44.8 Å². The van der Waals surface area contributed by atoms with Gasteiger partial charge in [0.1, 0.15) is 0 Å². The van der Waals surface area contributed by atoms with Crippen molar-refractivity contribution >= 4 is 6.03 Å². The van der Waals surface area contributed by atoms with Gasteiger partial charge in [-0.25, -0.2) is 4.79 Å². The minimum atomic E-state index is 0.0379. The Bertz CT molecular complexity index is 271. The van der Waals surface area contributed by atoms with E-state index in [9.17, 15) is 4.79 Å². The van der Waals surface area contributed by atoms with Crippen LogP contribution in [0.15, 0.2) is 0 Å². The number of hydrogen-bond acceptors (Lipinski definition) is 3. The van der Waals surface area contributed by atoms with Gasteiger partial charge in [0.05, 0.1) is 12.6 Å². The molecule has 1 fully saturated rings. The van der Waals surface area contributed by atoms with Crippen LogP contribution in [0.4, 0.5) is 4.79 Å². The molecule has 0 aromatic heterocycles. The Hall–Kier alpha value is -0.810. The van der Waals surface area contributed by atoms with Gasteiger partial charge >= 0.3 is 6.03 Å². The van der Waals surface area contributed by atoms with E-state index in [1.807, 2.05) is 11.8 Å². The number of nitrogens with one attached hydrogen (secondary N) is 1. The molecule has 0 aromatic rings. The maximum absolute atomic E-state index is 12.1. The fourth-order valence-electron chi connectivity index (χ4n) is 2.47. The summed E-state index contributed by atoms with van der Waals surface area (Å²) in [5, 5.41) is 2.98. The van der Waals surface area contributed by atoms with Crippen LogP contribution >= 0.6 is 0 Å². The van der Waals surface area contributed by atoms with Gasteiger partial charge < -0.3 is 19.9 Å². The molecule has 1 saturated heterocycles. The molecule has 2 amide bonds. The van der Waals surface area contributed by atoms with Crippen molar-refractivity contribution in [2.75, 3.05) is 46.4 Å². The fourth-order valence-corrected chi connectivity index (χ4v) is 2.47. The summed E-state index contributed by atoms with van der Waals surface area (Å²) in [6.07, 6.45) is 1.05. The monoisotopic (exact) mass is 271 g/mol. The first-order valence-corrected chi connectivity index (χ1v) is 7.29. The van der Waals surface area contributed by atoms with Crippen molar-refractivity contribution in [2.24, 2.45) is 5.92 Å². The quantitative estimate of drug-likeness (QED) is 0.822. The van der Waals surface area contributed by atoms with E-state index in [1.54, 1.807) is 7.11 Å². The zero-order valence-electron chi connectivity index (χ0n) is 12.8. The second kappa shape index (κ2) is 8.38. The molecule has 1 aliphatic rings. The second-order valence-electron chi connectivity index (χ2n) is 5.84. The Balaban J connectivity index is 2.37. The number of rotatable bonds is 5. The molecule has 1 atom stereocenters. The molecule has 1 rings (SSSR count). The molecule has 0 aliphatic carbocycles. The zero-order chi connectivity index (χ0) is 14.3. The summed E-state index contributed by atoms with van der Waals surface area (Å²) in [6.45, 7) is 11.8. The summed E-state index contributed by atoms with van der Waals surface area (Å²) < 4.78 is 5.04. The Morgan fingerprint density at radius 1 is 1.21 bits per heavy atom. The summed E-state index contributed by atoms with van der Waals surface area (Å²) in [6, 6.07) is 0.100. The number of amides is 2. The van der Waals surface area contributed by atoms with Crippen molar-refractivity contribution in [2.45, 2.75) is 33.2 Å². The molecule has 0 bridgehead atoms. The van der Waals surface area contributed by atoms with Crippen LogP contribution in [0.1, 0.15) is 27.2 Å². The van der Waals surface area contributed by atoms with E-state index >= 15 is 0 Å². The normalized spacial score (nSPS) is 19.3. The molecule has 5 nitrogen and oxygen atoms in total. The van der Waals surface area contributed by atoms with Gasteiger partial charge in [-0.05, 0) is 25.8 Å². The van der Waals surface area contributed by atoms with Crippen molar-refractivity contribution in [1.82, 2.24) is 15.1 Å². The number of hydrogen-bond donors (Lipinski definition) is 1. The van der Waals surface area contributed by atoms with Gasteiger partial charge in [0.25, 0.3) is 0 Å². The lowest BCUT2D eigenvalue weighted by molar-refractivity contribution is 0.159. The van der Waals surface area contributed by atoms with E-state index in [0.717, 1.165) is 39.1 Å². The maximum Gasteiger partial charge on any atom is 0.317 e. The van der Waals surface area contributed by atoms with E-state index in [0.29, 0.717) is 12.5 Å². The minimum Gasteiger partial charge on any atom is -0.383 e. The van der Waals surface area contributed by atoms with Crippen LogP contribution in [0.3, 0.4) is 0 Å². The number of methoxy groups -OCH3 is 1. The van der Waals surface area contributed by atoms with E-state index < -0.39 is 0 Å². The molecular formula is C14H29N3O2. The van der Waals surface area contributed by atoms with Crippen LogP contribution in [0.5, 0.6) is 0 Å². The van der Waals surface area contributed by atoms with Gasteiger partial charge in [-0.2, -0.15) is 0 Å². The largest absolute Gasteiger partial charge is 0.383 e. The van der Waals surface area contributed by atoms with Crippen LogP contribution in [-0.2, 0) is 4.74 Å². The summed E-state index contributed by atoms with van der Waals surface area (Å²) in [4.78, 5) is 16.5. The Morgan fingerprint density at radius 2 is 1.95 bits per heavy atom. The van der Waals surface area contributed by atoms with Crippen LogP contribution in [0.2, 0.25) is 0 Å². The number of urea groups is 1. The molecule has 0 aromatic carbocycles. The average molecular weight is 271 g/mol. The van der Waals surface area contributed by atoms with Gasteiger partial charge in [0.2, 0.25) is 0 Å². The van der Waals surface area contributed by atoms with E-state index in [4.69, 9.17) is 4.74 Å². The van der Waals surface area contributed by atoms with Crippen LogP contribution in [-0.4, -0.2) is 68.3 Å². The molecule has 19 heavy (non-hydrogen) atoms. The zero-order valence-corrected chi connectivity index (χ0v) is 12.8. The van der Waals surface area contributed by atoms with Crippen LogP contribution < -0.4 is 5.32 Å². The number of carbonyl (C=O) groups excluding carboxylic acids is 1. The highest BCUT2D eigenvalue weighted by molar-refractivity contribution is 5.74. The molecule has 0 spiro atoms. The summed E-state index contributed by atoms with van der Waals surface area (Å²) in [7, 11) is 1.65. The number of ether oxygens (including phenoxy) is 1. The molecule has 1 heterocycles. The first kappa shape index (κ1) is 16.2. The molecular weight excluding hydrogens is 242 g/mol. The molecule has 0 unspecified atom stereocenters. The molecule has 0 radical (unpaired) electrons. The van der Waals surface area contributed by atoms with E-state index in [-0.39, 0.29) is 12.1 Å². The number of carbonyl (C=O) groups is 1. The summed E-state index contributed by atoms with van der Waals surface area (Å²) in [5.41, 5.74) is 0. The third-order valence-electron chi connectivity index (χ3n) is 3.29. The van der Waals surface area contributed by atoms with Crippen molar-refractivity contribution < 1.29 is 9.53 Å². The summed E-state index contributed by atoms with van der Waals surface area (Å²) in [5.74, 6) is 0.683. The van der Waals surface area contributed by atoms with Crippen molar-refractivity contribution in [3.63, 3.8) is 0 Å². The van der Waals surface area contributed by atoms with Crippen molar-refractivity contribution in [3.05, 3.63) is 0 Å². The standard InChI is InChI=1S/C14H29N3O2/c1-12(2)10-16-6-5-7-17(9-8-16)14(18)15-13(3)11-19-4/h12-13H,5-11H2,1-4H3,(H,15,18)/t13-/m0/s1. The smallest absolute Gasteiger partial charge is 0.317 e. The van der Waals surface area contributed by atoms with Gasteiger partial charge in [-0.3, -0.25) is 0 Å². The lowest BCUT2D eigenvalue weighted by Crippen LogP contribution is -2.46. The van der Waals surface area contributed by atoms with Crippen LogP contribution in [0, 0.1) is 5.92 Å². The van der Waals surface area contributed by atoms with E-state index in [1.165, 1.54) is 0 Å². The summed E-state index contributed by atoms with van der Waals surface area (Å²) >= 11 is 0. The van der Waals surface area contributed by atoms with Crippen molar-refractivity contribution in [3.8, 4) is 0 Å². The molecule has 1 aliphatic heterocycles. The molecule has 112 valence electrons. The number of nitrogens with zero attached hydrogens (tertiary/aromatic N) is 2. The van der Waals surface area contributed by atoms with Gasteiger partial charge in [0.15, 0.2) is 0 Å². The van der Waals surface area contributed by atoms with Crippen LogP contribution in [0.25, 0.3) is 0 Å². The predicted octanol–water partition coefficient (Wildman–Crippen LogP) is 1.39. The van der Waals surface area contributed by atoms with Gasteiger partial charge in [-0.1, -0.05) is 13.8 Å². The third-order valence-corrected chi connectivity index (χ3v) is 3.29. The lowest BCUT2D eigenvalue weighted by atomic mass is 10.2. The highest BCUT2D eigenvalue weighted by Gasteiger charge is 2.20. The highest BCUT2D eigenvalue weighted by atomic mass is 16.5. The highest BCUT2D eigenvalue weighted by Crippen LogP contribution is 2.06. The van der Waals surface area contributed by atoms with E-state index in [2.05, 4.69) is 24.1 Å². The Kier molecular flexibility index (Phi) is 7.16.